The molecule has 0 aliphatic carbocycles. The fourth-order valence-corrected chi connectivity index (χ4v) is 4.58. The second-order valence-electron chi connectivity index (χ2n) is 5.49. The zero-order valence-corrected chi connectivity index (χ0v) is 14.8. The van der Waals surface area contributed by atoms with Crippen molar-refractivity contribution < 1.29 is 13.2 Å². The zero-order chi connectivity index (χ0) is 16.2. The normalized spacial score (nSPS) is 16.1. The van der Waals surface area contributed by atoms with Crippen molar-refractivity contribution in [2.24, 2.45) is 5.73 Å². The van der Waals surface area contributed by atoms with E-state index in [9.17, 15) is 13.2 Å². The molecule has 1 amide bonds. The third-order valence-corrected chi connectivity index (χ3v) is 5.83. The van der Waals surface area contributed by atoms with Gasteiger partial charge in [0.25, 0.3) is 0 Å². The van der Waals surface area contributed by atoms with Crippen molar-refractivity contribution in [1.82, 2.24) is 9.62 Å². The number of halogens is 1. The highest BCUT2D eigenvalue weighted by molar-refractivity contribution is 7.89. The lowest BCUT2D eigenvalue weighted by atomic mass is 10.1. The molecule has 0 atom stereocenters. The number of rotatable bonds is 6. The minimum atomic E-state index is -3.62. The number of primary amides is 1. The summed E-state index contributed by atoms with van der Waals surface area (Å²) in [5.74, 6) is -0.624. The summed E-state index contributed by atoms with van der Waals surface area (Å²) in [5.41, 5.74) is 5.46. The minimum absolute atomic E-state index is 0. The molecule has 1 heterocycles. The lowest BCUT2D eigenvalue weighted by molar-refractivity contribution is 0.1000. The van der Waals surface area contributed by atoms with Crippen LogP contribution in [0.5, 0.6) is 0 Å². The van der Waals surface area contributed by atoms with Crippen LogP contribution in [0.3, 0.4) is 0 Å². The molecule has 0 aromatic heterocycles. The van der Waals surface area contributed by atoms with Gasteiger partial charge in [0.05, 0.1) is 4.90 Å². The Morgan fingerprint density at radius 3 is 2.57 bits per heavy atom. The van der Waals surface area contributed by atoms with E-state index in [0.717, 1.165) is 32.4 Å². The van der Waals surface area contributed by atoms with E-state index in [2.05, 4.69) is 5.32 Å². The molecule has 1 fully saturated rings. The molecule has 6 nitrogen and oxygen atoms in total. The van der Waals surface area contributed by atoms with Crippen molar-refractivity contribution in [3.05, 3.63) is 29.8 Å². The van der Waals surface area contributed by atoms with E-state index in [-0.39, 0.29) is 28.9 Å². The molecule has 1 aromatic rings. The number of amides is 1. The maximum Gasteiger partial charge on any atom is 0.248 e. The number of nitrogens with zero attached hydrogens (tertiary/aromatic N) is 1. The van der Waals surface area contributed by atoms with Gasteiger partial charge >= 0.3 is 0 Å². The molecular formula is C15H24ClN3O3S. The van der Waals surface area contributed by atoms with E-state index in [1.165, 1.54) is 18.2 Å². The van der Waals surface area contributed by atoms with Crippen LogP contribution in [-0.4, -0.2) is 44.3 Å². The molecule has 0 unspecified atom stereocenters. The van der Waals surface area contributed by atoms with E-state index in [1.807, 2.05) is 6.92 Å². The first-order chi connectivity index (χ1) is 10.5. The van der Waals surface area contributed by atoms with Gasteiger partial charge in [0.15, 0.2) is 0 Å². The first-order valence-corrected chi connectivity index (χ1v) is 9.03. The van der Waals surface area contributed by atoms with Gasteiger partial charge in [-0.05, 0) is 50.6 Å². The second-order valence-corrected chi connectivity index (χ2v) is 7.38. The molecule has 3 N–H and O–H groups in total. The van der Waals surface area contributed by atoms with Gasteiger partial charge in [-0.1, -0.05) is 13.0 Å². The molecule has 1 aliphatic heterocycles. The molecule has 2 rings (SSSR count). The molecule has 0 bridgehead atoms. The van der Waals surface area contributed by atoms with Crippen LogP contribution < -0.4 is 11.1 Å². The van der Waals surface area contributed by atoms with Gasteiger partial charge in [-0.2, -0.15) is 4.31 Å². The van der Waals surface area contributed by atoms with E-state index in [1.54, 1.807) is 10.4 Å². The number of benzene rings is 1. The zero-order valence-electron chi connectivity index (χ0n) is 13.2. The van der Waals surface area contributed by atoms with Crippen LogP contribution in [-0.2, 0) is 10.0 Å². The van der Waals surface area contributed by atoms with Gasteiger partial charge in [0.1, 0.15) is 0 Å². The Bertz CT molecular complexity index is 631. The highest BCUT2D eigenvalue weighted by atomic mass is 35.5. The van der Waals surface area contributed by atoms with Crippen LogP contribution in [0, 0.1) is 0 Å². The standard InChI is InChI=1S/C15H23N3O3S.ClH/c1-2-10-18(13-6-8-17-9-7-13)22(20,21)14-5-3-4-12(11-14)15(16)19;/h3-5,11,13,17H,2,6-10H2,1H3,(H2,16,19);1H. The summed E-state index contributed by atoms with van der Waals surface area (Å²) in [6, 6.07) is 5.96. The Hall–Kier alpha value is -1.15. The Balaban J connectivity index is 0.00000264. The number of hydrogen-bond donors (Lipinski definition) is 2. The van der Waals surface area contributed by atoms with E-state index < -0.39 is 15.9 Å². The maximum atomic E-state index is 12.9. The number of hydrogen-bond acceptors (Lipinski definition) is 4. The largest absolute Gasteiger partial charge is 0.366 e. The summed E-state index contributed by atoms with van der Waals surface area (Å²) in [6.45, 7) is 4.08. The Kier molecular flexibility index (Phi) is 7.47. The van der Waals surface area contributed by atoms with Crippen molar-refractivity contribution >= 4 is 28.3 Å². The van der Waals surface area contributed by atoms with Crippen molar-refractivity contribution in [2.45, 2.75) is 37.1 Å². The fourth-order valence-electron chi connectivity index (χ4n) is 2.76. The number of carbonyl (C=O) groups is 1. The van der Waals surface area contributed by atoms with Gasteiger partial charge < -0.3 is 11.1 Å². The quantitative estimate of drug-likeness (QED) is 0.800. The smallest absolute Gasteiger partial charge is 0.248 e. The Morgan fingerprint density at radius 2 is 2.00 bits per heavy atom. The topological polar surface area (TPSA) is 92.5 Å². The summed E-state index contributed by atoms with van der Waals surface area (Å²) >= 11 is 0. The second kappa shape index (κ2) is 8.63. The van der Waals surface area contributed by atoms with Crippen molar-refractivity contribution in [1.29, 1.82) is 0 Å². The van der Waals surface area contributed by atoms with Crippen LogP contribution >= 0.6 is 12.4 Å². The lowest BCUT2D eigenvalue weighted by Crippen LogP contribution is -2.46. The summed E-state index contributed by atoms with van der Waals surface area (Å²) < 4.78 is 27.5. The molecule has 8 heteroatoms. The molecule has 0 radical (unpaired) electrons. The highest BCUT2D eigenvalue weighted by Gasteiger charge is 2.31. The molecule has 1 aromatic carbocycles. The predicted molar refractivity (Wildman–Crippen MR) is 92.3 cm³/mol. The number of nitrogens with one attached hydrogen (secondary N) is 1. The lowest BCUT2D eigenvalue weighted by Gasteiger charge is -2.33. The number of carbonyl (C=O) groups excluding carboxylic acids is 1. The molecule has 0 saturated carbocycles. The van der Waals surface area contributed by atoms with Gasteiger partial charge in [0.2, 0.25) is 15.9 Å². The summed E-state index contributed by atoms with van der Waals surface area (Å²) in [4.78, 5) is 11.4. The molecular weight excluding hydrogens is 338 g/mol. The molecule has 23 heavy (non-hydrogen) atoms. The number of sulfonamides is 1. The van der Waals surface area contributed by atoms with Crippen molar-refractivity contribution in [2.75, 3.05) is 19.6 Å². The third kappa shape index (κ3) is 4.67. The SMILES string of the molecule is CCCN(C1CCNCC1)S(=O)(=O)c1cccc(C(N)=O)c1.Cl. The van der Waals surface area contributed by atoms with Gasteiger partial charge in [-0.15, -0.1) is 12.4 Å². The summed E-state index contributed by atoms with van der Waals surface area (Å²) in [7, 11) is -3.62. The molecule has 130 valence electrons. The van der Waals surface area contributed by atoms with E-state index in [0.29, 0.717) is 6.54 Å². The fraction of sp³-hybridized carbons (Fsp3) is 0.533. The van der Waals surface area contributed by atoms with Crippen LogP contribution in [0.2, 0.25) is 0 Å². The molecule has 1 aliphatic rings. The number of nitrogens with two attached hydrogens (primary N) is 1. The van der Waals surface area contributed by atoms with Crippen molar-refractivity contribution in [3.63, 3.8) is 0 Å². The third-order valence-electron chi connectivity index (χ3n) is 3.89. The van der Waals surface area contributed by atoms with Gasteiger partial charge in [-0.25, -0.2) is 8.42 Å². The van der Waals surface area contributed by atoms with Crippen LogP contribution in [0.4, 0.5) is 0 Å². The average molecular weight is 362 g/mol. The Morgan fingerprint density at radius 1 is 1.35 bits per heavy atom. The molecule has 0 spiro atoms. The predicted octanol–water partition coefficient (Wildman–Crippen LogP) is 1.36. The Labute approximate surface area is 143 Å². The van der Waals surface area contributed by atoms with Crippen molar-refractivity contribution in [3.8, 4) is 0 Å². The monoisotopic (exact) mass is 361 g/mol. The first-order valence-electron chi connectivity index (χ1n) is 7.59. The minimum Gasteiger partial charge on any atom is -0.366 e. The van der Waals surface area contributed by atoms with Gasteiger partial charge in [-0.3, -0.25) is 4.79 Å². The van der Waals surface area contributed by atoms with E-state index in [4.69, 9.17) is 5.73 Å². The van der Waals surface area contributed by atoms with Crippen LogP contribution in [0.15, 0.2) is 29.2 Å². The average Bonchev–Trinajstić information content (AvgIpc) is 2.53. The van der Waals surface area contributed by atoms with Crippen LogP contribution in [0.1, 0.15) is 36.5 Å². The van der Waals surface area contributed by atoms with E-state index >= 15 is 0 Å². The summed E-state index contributed by atoms with van der Waals surface area (Å²) in [6.07, 6.45) is 2.35. The first kappa shape index (κ1) is 19.9. The molecule has 1 saturated heterocycles. The highest BCUT2D eigenvalue weighted by Crippen LogP contribution is 2.23. The summed E-state index contributed by atoms with van der Waals surface area (Å²) in [5, 5.41) is 3.24. The van der Waals surface area contributed by atoms with Gasteiger partial charge in [0, 0.05) is 18.2 Å². The number of piperidine rings is 1. The maximum absolute atomic E-state index is 12.9. The van der Waals surface area contributed by atoms with Crippen LogP contribution in [0.25, 0.3) is 0 Å².